The van der Waals surface area contributed by atoms with E-state index in [9.17, 15) is 13.2 Å². The molecule has 0 radical (unpaired) electrons. The molecule has 0 aromatic carbocycles. The molecule has 8 nitrogen and oxygen atoms in total. The number of carbonyl (C=O) groups excluding carboxylic acids is 1. The first kappa shape index (κ1) is 16.9. The number of amides is 1. The Labute approximate surface area is 130 Å². The molecule has 0 aliphatic carbocycles. The number of sulfonamides is 1. The topological polar surface area (TPSA) is 110 Å². The van der Waals surface area contributed by atoms with Gasteiger partial charge in [-0.3, -0.25) is 4.79 Å². The van der Waals surface area contributed by atoms with Crippen molar-refractivity contribution in [3.8, 4) is 0 Å². The fourth-order valence-corrected chi connectivity index (χ4v) is 3.48. The maximum absolute atomic E-state index is 12.1. The number of hydrogen-bond acceptors (Lipinski definition) is 5. The lowest BCUT2D eigenvalue weighted by Crippen LogP contribution is -2.46. The summed E-state index contributed by atoms with van der Waals surface area (Å²) in [6, 6.07) is 0.0193. The average molecular weight is 329 g/mol. The van der Waals surface area contributed by atoms with Crippen LogP contribution < -0.4 is 10.5 Å². The second-order valence-electron chi connectivity index (χ2n) is 5.63. The number of rotatable bonds is 5. The summed E-state index contributed by atoms with van der Waals surface area (Å²) >= 11 is 0. The first-order chi connectivity index (χ1) is 10.3. The number of aromatic nitrogens is 2. The van der Waals surface area contributed by atoms with Gasteiger partial charge in [0.15, 0.2) is 5.03 Å². The van der Waals surface area contributed by atoms with Gasteiger partial charge in [-0.05, 0) is 19.8 Å². The highest BCUT2D eigenvalue weighted by Crippen LogP contribution is 2.10. The number of carbonyl (C=O) groups is 1. The van der Waals surface area contributed by atoms with Gasteiger partial charge in [-0.15, -0.1) is 0 Å². The number of imidazole rings is 1. The van der Waals surface area contributed by atoms with Gasteiger partial charge in [0.05, 0.1) is 0 Å². The Bertz CT molecular complexity index is 621. The molecule has 1 aliphatic heterocycles. The summed E-state index contributed by atoms with van der Waals surface area (Å²) in [5.74, 6) is 0.536. The fourth-order valence-electron chi connectivity index (χ4n) is 2.42. The van der Waals surface area contributed by atoms with Crippen molar-refractivity contribution in [1.29, 1.82) is 0 Å². The summed E-state index contributed by atoms with van der Waals surface area (Å²) in [5.41, 5.74) is 5.84. The SMILES string of the molecule is Cc1nc(S(=O)(=O)NCCC(=O)N2CCCC(N)C2)cn1C. The van der Waals surface area contributed by atoms with Gasteiger partial charge in [0, 0.05) is 45.3 Å². The number of piperidine rings is 1. The largest absolute Gasteiger partial charge is 0.341 e. The van der Waals surface area contributed by atoms with E-state index in [1.807, 2.05) is 0 Å². The van der Waals surface area contributed by atoms with E-state index in [1.165, 1.54) is 6.20 Å². The molecule has 3 N–H and O–H groups in total. The molecule has 2 heterocycles. The molecule has 0 saturated carbocycles. The van der Waals surface area contributed by atoms with Crippen molar-refractivity contribution in [2.75, 3.05) is 19.6 Å². The van der Waals surface area contributed by atoms with E-state index < -0.39 is 10.0 Å². The van der Waals surface area contributed by atoms with Crippen LogP contribution in [-0.2, 0) is 21.9 Å². The Morgan fingerprint density at radius 2 is 2.27 bits per heavy atom. The predicted molar refractivity (Wildman–Crippen MR) is 81.5 cm³/mol. The molecule has 1 saturated heterocycles. The van der Waals surface area contributed by atoms with Gasteiger partial charge in [0.25, 0.3) is 10.0 Å². The number of aryl methyl sites for hydroxylation is 2. The van der Waals surface area contributed by atoms with Gasteiger partial charge in [-0.2, -0.15) is 0 Å². The van der Waals surface area contributed by atoms with Crippen LogP contribution in [-0.4, -0.2) is 54.5 Å². The minimum absolute atomic E-state index is 0.0193. The van der Waals surface area contributed by atoms with Crippen LogP contribution in [0.15, 0.2) is 11.2 Å². The lowest BCUT2D eigenvalue weighted by molar-refractivity contribution is -0.132. The van der Waals surface area contributed by atoms with Crippen LogP contribution in [0.1, 0.15) is 25.1 Å². The molecule has 1 unspecified atom stereocenters. The standard InChI is InChI=1S/C13H23N5O3S/c1-10-16-12(9-17(10)2)22(20,21)15-6-5-13(19)18-7-3-4-11(14)8-18/h9,11,15H,3-8,14H2,1-2H3. The quantitative estimate of drug-likeness (QED) is 0.745. The van der Waals surface area contributed by atoms with Crippen LogP contribution in [0.2, 0.25) is 0 Å². The summed E-state index contributed by atoms with van der Waals surface area (Å²) in [6.07, 6.45) is 3.39. The maximum Gasteiger partial charge on any atom is 0.259 e. The van der Waals surface area contributed by atoms with Crippen LogP contribution in [0.25, 0.3) is 0 Å². The lowest BCUT2D eigenvalue weighted by atomic mass is 10.1. The van der Waals surface area contributed by atoms with Gasteiger partial charge < -0.3 is 15.2 Å². The third kappa shape index (κ3) is 4.05. The van der Waals surface area contributed by atoms with Crippen molar-refractivity contribution in [2.24, 2.45) is 12.8 Å². The van der Waals surface area contributed by atoms with E-state index in [2.05, 4.69) is 9.71 Å². The normalized spacial score (nSPS) is 19.4. The van der Waals surface area contributed by atoms with Crippen LogP contribution in [0.5, 0.6) is 0 Å². The minimum Gasteiger partial charge on any atom is -0.341 e. The number of nitrogens with zero attached hydrogens (tertiary/aromatic N) is 3. The molecule has 1 amide bonds. The average Bonchev–Trinajstić information content (AvgIpc) is 2.79. The van der Waals surface area contributed by atoms with Crippen molar-refractivity contribution in [2.45, 2.75) is 37.3 Å². The number of nitrogens with two attached hydrogens (primary N) is 1. The summed E-state index contributed by atoms with van der Waals surface area (Å²) < 4.78 is 28.2. The summed E-state index contributed by atoms with van der Waals surface area (Å²) in [6.45, 7) is 3.02. The highest BCUT2D eigenvalue weighted by atomic mass is 32.2. The number of hydrogen-bond donors (Lipinski definition) is 2. The number of likely N-dealkylation sites (tertiary alicyclic amines) is 1. The monoisotopic (exact) mass is 329 g/mol. The van der Waals surface area contributed by atoms with Crippen molar-refractivity contribution in [3.63, 3.8) is 0 Å². The smallest absolute Gasteiger partial charge is 0.259 e. The van der Waals surface area contributed by atoms with E-state index in [0.717, 1.165) is 12.8 Å². The second-order valence-corrected chi connectivity index (χ2v) is 7.34. The zero-order valence-electron chi connectivity index (χ0n) is 12.9. The molecule has 0 bridgehead atoms. The minimum atomic E-state index is -3.68. The van der Waals surface area contributed by atoms with Gasteiger partial charge in [0.2, 0.25) is 5.91 Å². The van der Waals surface area contributed by atoms with Gasteiger partial charge in [-0.25, -0.2) is 18.1 Å². The van der Waals surface area contributed by atoms with Gasteiger partial charge in [-0.1, -0.05) is 0 Å². The molecule has 1 aliphatic rings. The Balaban J connectivity index is 1.86. The molecular weight excluding hydrogens is 306 g/mol. The zero-order valence-corrected chi connectivity index (χ0v) is 13.8. The van der Waals surface area contributed by atoms with E-state index in [4.69, 9.17) is 5.73 Å². The summed E-state index contributed by atoms with van der Waals surface area (Å²) in [4.78, 5) is 17.7. The number of nitrogens with one attached hydrogen (secondary N) is 1. The summed E-state index contributed by atoms with van der Waals surface area (Å²) in [5, 5.41) is -0.0278. The lowest BCUT2D eigenvalue weighted by Gasteiger charge is -2.30. The summed E-state index contributed by atoms with van der Waals surface area (Å²) in [7, 11) is -1.95. The molecule has 9 heteroatoms. The predicted octanol–water partition coefficient (Wildman–Crippen LogP) is -0.653. The van der Waals surface area contributed by atoms with Crippen molar-refractivity contribution in [3.05, 3.63) is 12.0 Å². The highest BCUT2D eigenvalue weighted by molar-refractivity contribution is 7.89. The molecular formula is C13H23N5O3S. The Morgan fingerprint density at radius 1 is 1.55 bits per heavy atom. The van der Waals surface area contributed by atoms with Gasteiger partial charge in [0.1, 0.15) is 5.82 Å². The molecule has 1 fully saturated rings. The molecule has 124 valence electrons. The fraction of sp³-hybridized carbons (Fsp3) is 0.692. The van der Waals surface area contributed by atoms with Crippen LogP contribution >= 0.6 is 0 Å². The molecule has 1 aromatic heterocycles. The van der Waals surface area contributed by atoms with E-state index in [0.29, 0.717) is 18.9 Å². The third-order valence-electron chi connectivity index (χ3n) is 3.80. The molecule has 22 heavy (non-hydrogen) atoms. The maximum atomic E-state index is 12.1. The van der Waals surface area contributed by atoms with Crippen LogP contribution in [0, 0.1) is 6.92 Å². The van der Waals surface area contributed by atoms with E-state index in [1.54, 1.807) is 23.4 Å². The Hall–Kier alpha value is -1.45. The molecule has 1 aromatic rings. The highest BCUT2D eigenvalue weighted by Gasteiger charge is 2.22. The van der Waals surface area contributed by atoms with Crippen LogP contribution in [0.3, 0.4) is 0 Å². The molecule has 2 rings (SSSR count). The van der Waals surface area contributed by atoms with Crippen molar-refractivity contribution >= 4 is 15.9 Å². The zero-order chi connectivity index (χ0) is 16.3. The molecule has 0 spiro atoms. The molecule has 1 atom stereocenters. The van der Waals surface area contributed by atoms with Crippen molar-refractivity contribution < 1.29 is 13.2 Å². The second kappa shape index (κ2) is 6.76. The van der Waals surface area contributed by atoms with Crippen molar-refractivity contribution in [1.82, 2.24) is 19.2 Å². The van der Waals surface area contributed by atoms with Gasteiger partial charge >= 0.3 is 0 Å². The Kier molecular flexibility index (Phi) is 5.20. The van der Waals surface area contributed by atoms with Crippen LogP contribution in [0.4, 0.5) is 0 Å². The van der Waals surface area contributed by atoms with E-state index >= 15 is 0 Å². The third-order valence-corrected chi connectivity index (χ3v) is 5.13. The first-order valence-corrected chi connectivity index (χ1v) is 8.81. The van der Waals surface area contributed by atoms with E-state index in [-0.39, 0.29) is 29.9 Å². The first-order valence-electron chi connectivity index (χ1n) is 7.32. The Morgan fingerprint density at radius 3 is 2.86 bits per heavy atom.